The van der Waals surface area contributed by atoms with E-state index in [2.05, 4.69) is 10.3 Å². The fourth-order valence-corrected chi connectivity index (χ4v) is 2.96. The molecular weight excluding hydrogens is 358 g/mol. The Morgan fingerprint density at radius 1 is 1.04 bits per heavy atom. The van der Waals surface area contributed by atoms with E-state index in [4.69, 9.17) is 18.9 Å². The van der Waals surface area contributed by atoms with Crippen molar-refractivity contribution in [2.24, 2.45) is 0 Å². The number of aromatic nitrogens is 3. The standard InChI is InChI=1S/C17H19N3O7/c1-9(21)24-8-14-15(25-10(2)22)16(26-11(3)23)17(27-14)20-13-7-5-4-6-12(13)18-19-20/h4-7,14-17H,8H2,1-3H3/t14-,15-,16-,17+/m1/s1. The van der Waals surface area contributed by atoms with E-state index in [-0.39, 0.29) is 6.61 Å². The Morgan fingerprint density at radius 3 is 2.37 bits per heavy atom. The van der Waals surface area contributed by atoms with Crippen molar-refractivity contribution in [1.29, 1.82) is 0 Å². The highest BCUT2D eigenvalue weighted by molar-refractivity contribution is 5.74. The molecule has 0 radical (unpaired) electrons. The molecule has 27 heavy (non-hydrogen) atoms. The van der Waals surface area contributed by atoms with Gasteiger partial charge in [-0.3, -0.25) is 14.4 Å². The molecule has 4 atom stereocenters. The number of carbonyl (C=O) groups excluding carboxylic acids is 3. The van der Waals surface area contributed by atoms with E-state index in [1.807, 2.05) is 6.07 Å². The highest BCUT2D eigenvalue weighted by atomic mass is 16.7. The van der Waals surface area contributed by atoms with E-state index in [9.17, 15) is 14.4 Å². The van der Waals surface area contributed by atoms with Crippen molar-refractivity contribution in [1.82, 2.24) is 15.0 Å². The van der Waals surface area contributed by atoms with Gasteiger partial charge in [0.1, 0.15) is 18.2 Å². The molecule has 1 aliphatic rings. The van der Waals surface area contributed by atoms with Crippen LogP contribution in [0.5, 0.6) is 0 Å². The fourth-order valence-electron chi connectivity index (χ4n) is 2.96. The second-order valence-electron chi connectivity index (χ2n) is 6.04. The van der Waals surface area contributed by atoms with Crippen LogP contribution >= 0.6 is 0 Å². The summed E-state index contributed by atoms with van der Waals surface area (Å²) in [7, 11) is 0. The molecule has 1 aromatic carbocycles. The van der Waals surface area contributed by atoms with Crippen LogP contribution in [0.15, 0.2) is 24.3 Å². The molecule has 0 N–H and O–H groups in total. The number of carbonyl (C=O) groups is 3. The molecule has 144 valence electrons. The molecule has 0 aliphatic carbocycles. The van der Waals surface area contributed by atoms with Gasteiger partial charge in [-0.1, -0.05) is 17.3 Å². The summed E-state index contributed by atoms with van der Waals surface area (Å²) in [5, 5.41) is 8.14. The topological polar surface area (TPSA) is 119 Å². The minimum atomic E-state index is -0.989. The van der Waals surface area contributed by atoms with Gasteiger partial charge in [-0.05, 0) is 12.1 Å². The van der Waals surface area contributed by atoms with Gasteiger partial charge in [0.05, 0.1) is 5.52 Å². The first-order valence-electron chi connectivity index (χ1n) is 8.30. The zero-order valence-electron chi connectivity index (χ0n) is 15.0. The zero-order valence-corrected chi connectivity index (χ0v) is 15.0. The van der Waals surface area contributed by atoms with Crippen molar-refractivity contribution in [3.05, 3.63) is 24.3 Å². The Hall–Kier alpha value is -3.01. The van der Waals surface area contributed by atoms with E-state index in [0.717, 1.165) is 0 Å². The SMILES string of the molecule is CC(=O)OC[C@H]1O[C@H](n2nnc3ccccc32)[C@H](OC(C)=O)[C@@H]1OC(C)=O. The number of esters is 3. The van der Waals surface area contributed by atoms with E-state index in [1.165, 1.54) is 25.5 Å². The lowest BCUT2D eigenvalue weighted by Crippen LogP contribution is -2.40. The molecule has 0 bridgehead atoms. The number of rotatable bonds is 5. The summed E-state index contributed by atoms with van der Waals surface area (Å²) in [5.41, 5.74) is 1.27. The molecule has 3 rings (SSSR count). The van der Waals surface area contributed by atoms with Crippen LogP contribution in [0.4, 0.5) is 0 Å². The van der Waals surface area contributed by atoms with Crippen molar-refractivity contribution in [3.8, 4) is 0 Å². The van der Waals surface area contributed by atoms with Gasteiger partial charge in [-0.15, -0.1) is 5.10 Å². The third-order valence-electron chi connectivity index (χ3n) is 3.96. The van der Waals surface area contributed by atoms with Crippen LogP contribution in [0.25, 0.3) is 11.0 Å². The lowest BCUT2D eigenvalue weighted by molar-refractivity contribution is -0.166. The highest BCUT2D eigenvalue weighted by Gasteiger charge is 2.51. The predicted octanol–water partition coefficient (Wildman–Crippen LogP) is 0.755. The number of fused-ring (bicyclic) bond motifs is 1. The van der Waals surface area contributed by atoms with Crippen LogP contribution in [0, 0.1) is 0 Å². The molecule has 1 aliphatic heterocycles. The van der Waals surface area contributed by atoms with E-state index >= 15 is 0 Å². The Morgan fingerprint density at radius 2 is 1.70 bits per heavy atom. The molecule has 1 aromatic heterocycles. The molecular formula is C17H19N3O7. The number of ether oxygens (including phenoxy) is 4. The maximum Gasteiger partial charge on any atom is 0.303 e. The minimum absolute atomic E-state index is 0.172. The second-order valence-corrected chi connectivity index (χ2v) is 6.04. The lowest BCUT2D eigenvalue weighted by Gasteiger charge is -2.23. The molecule has 2 heterocycles. The average Bonchev–Trinajstić information content (AvgIpc) is 3.15. The van der Waals surface area contributed by atoms with Gasteiger partial charge in [-0.2, -0.15) is 0 Å². The number of para-hydroxylation sites is 1. The quantitative estimate of drug-likeness (QED) is 0.549. The number of benzene rings is 1. The van der Waals surface area contributed by atoms with Gasteiger partial charge in [0, 0.05) is 20.8 Å². The fraction of sp³-hybridized carbons (Fsp3) is 0.471. The Balaban J connectivity index is 1.98. The smallest absolute Gasteiger partial charge is 0.303 e. The summed E-state index contributed by atoms with van der Waals surface area (Å²) in [6.07, 6.45) is -3.71. The third-order valence-corrected chi connectivity index (χ3v) is 3.96. The maximum atomic E-state index is 11.6. The zero-order chi connectivity index (χ0) is 19.6. The molecule has 10 nitrogen and oxygen atoms in total. The lowest BCUT2D eigenvalue weighted by atomic mass is 10.1. The molecule has 0 saturated carbocycles. The van der Waals surface area contributed by atoms with E-state index < -0.39 is 42.4 Å². The van der Waals surface area contributed by atoms with Gasteiger partial charge in [0.2, 0.25) is 0 Å². The van der Waals surface area contributed by atoms with Crippen molar-refractivity contribution < 1.29 is 33.3 Å². The van der Waals surface area contributed by atoms with Crippen LogP contribution in [-0.4, -0.2) is 57.8 Å². The largest absolute Gasteiger partial charge is 0.463 e. The average molecular weight is 377 g/mol. The molecule has 0 unspecified atom stereocenters. The molecule has 2 aromatic rings. The van der Waals surface area contributed by atoms with Crippen molar-refractivity contribution in [2.45, 2.75) is 45.3 Å². The molecule has 1 fully saturated rings. The van der Waals surface area contributed by atoms with Gasteiger partial charge in [-0.25, -0.2) is 4.68 Å². The first-order chi connectivity index (χ1) is 12.9. The Labute approximate surface area is 154 Å². The summed E-state index contributed by atoms with van der Waals surface area (Å²) in [4.78, 5) is 34.4. The van der Waals surface area contributed by atoms with Crippen LogP contribution in [0.1, 0.15) is 27.0 Å². The molecule has 0 amide bonds. The van der Waals surface area contributed by atoms with E-state index in [1.54, 1.807) is 18.2 Å². The van der Waals surface area contributed by atoms with Gasteiger partial charge < -0.3 is 18.9 Å². The van der Waals surface area contributed by atoms with Gasteiger partial charge >= 0.3 is 17.9 Å². The van der Waals surface area contributed by atoms with E-state index in [0.29, 0.717) is 11.0 Å². The van der Waals surface area contributed by atoms with Gasteiger partial charge in [0.25, 0.3) is 0 Å². The second kappa shape index (κ2) is 7.70. The number of hydrogen-bond donors (Lipinski definition) is 0. The molecule has 1 saturated heterocycles. The Kier molecular flexibility index (Phi) is 5.36. The van der Waals surface area contributed by atoms with Crippen LogP contribution in [0.2, 0.25) is 0 Å². The number of nitrogens with zero attached hydrogens (tertiary/aromatic N) is 3. The normalized spacial score (nSPS) is 24.6. The van der Waals surface area contributed by atoms with Crippen LogP contribution < -0.4 is 0 Å². The first-order valence-corrected chi connectivity index (χ1v) is 8.30. The molecule has 0 spiro atoms. The molecule has 10 heteroatoms. The Bertz CT molecular complexity index is 865. The highest BCUT2D eigenvalue weighted by Crippen LogP contribution is 2.35. The number of hydrogen-bond acceptors (Lipinski definition) is 9. The van der Waals surface area contributed by atoms with Crippen molar-refractivity contribution >= 4 is 28.9 Å². The van der Waals surface area contributed by atoms with Crippen molar-refractivity contribution in [2.75, 3.05) is 6.61 Å². The summed E-state index contributed by atoms with van der Waals surface area (Å²) < 4.78 is 23.1. The maximum absolute atomic E-state index is 11.6. The van der Waals surface area contributed by atoms with Crippen LogP contribution in [-0.2, 0) is 33.3 Å². The first kappa shape index (κ1) is 18.8. The van der Waals surface area contributed by atoms with Crippen molar-refractivity contribution in [3.63, 3.8) is 0 Å². The summed E-state index contributed by atoms with van der Waals surface area (Å²) in [6.45, 7) is 3.54. The third kappa shape index (κ3) is 4.05. The minimum Gasteiger partial charge on any atom is -0.463 e. The summed E-state index contributed by atoms with van der Waals surface area (Å²) in [6, 6.07) is 7.17. The predicted molar refractivity (Wildman–Crippen MR) is 89.2 cm³/mol. The van der Waals surface area contributed by atoms with Crippen LogP contribution in [0.3, 0.4) is 0 Å². The van der Waals surface area contributed by atoms with Gasteiger partial charge in [0.15, 0.2) is 18.4 Å². The monoisotopic (exact) mass is 377 g/mol. The summed E-state index contributed by atoms with van der Waals surface area (Å²) in [5.74, 6) is -1.68. The summed E-state index contributed by atoms with van der Waals surface area (Å²) >= 11 is 0.